The number of terminal acetylenes is 1. The van der Waals surface area contributed by atoms with Gasteiger partial charge in [-0.3, -0.25) is 4.79 Å². The molecule has 0 radical (unpaired) electrons. The minimum Gasteiger partial charge on any atom is -0.367 e. The van der Waals surface area contributed by atoms with E-state index in [1.54, 1.807) is 12.1 Å². The number of hydrogen-bond acceptors (Lipinski definition) is 7. The third-order valence-electron chi connectivity index (χ3n) is 3.62. The molecule has 0 spiro atoms. The van der Waals surface area contributed by atoms with Crippen molar-refractivity contribution in [3.63, 3.8) is 0 Å². The van der Waals surface area contributed by atoms with E-state index in [9.17, 15) is 13.2 Å². The molecule has 10 heteroatoms. The number of nitrogens with one attached hydrogen (secondary N) is 3. The van der Waals surface area contributed by atoms with Gasteiger partial charge < -0.3 is 16.0 Å². The molecule has 1 aromatic carbocycles. The van der Waals surface area contributed by atoms with E-state index < -0.39 is 10.0 Å². The molecule has 1 aromatic heterocycles. The monoisotopic (exact) mass is 402 g/mol. The molecule has 148 valence electrons. The van der Waals surface area contributed by atoms with E-state index in [1.165, 1.54) is 39.3 Å². The molecule has 1 amide bonds. The summed E-state index contributed by atoms with van der Waals surface area (Å²) in [6, 6.07) is 6.25. The van der Waals surface area contributed by atoms with Crippen molar-refractivity contribution in [2.24, 2.45) is 0 Å². The lowest BCUT2D eigenvalue weighted by molar-refractivity contribution is -0.118. The number of rotatable bonds is 8. The molecule has 0 fully saturated rings. The van der Waals surface area contributed by atoms with Gasteiger partial charge in [0.2, 0.25) is 21.9 Å². The second-order valence-electron chi connectivity index (χ2n) is 5.95. The minimum atomic E-state index is -3.49. The number of hydrogen-bond donors (Lipinski definition) is 3. The first-order chi connectivity index (χ1) is 13.2. The van der Waals surface area contributed by atoms with Crippen LogP contribution in [0.5, 0.6) is 0 Å². The van der Waals surface area contributed by atoms with Crippen LogP contribution >= 0.6 is 0 Å². The molecule has 0 aliphatic rings. The zero-order valence-corrected chi connectivity index (χ0v) is 16.7. The van der Waals surface area contributed by atoms with Crippen molar-refractivity contribution in [1.82, 2.24) is 19.6 Å². The molecule has 0 saturated heterocycles. The van der Waals surface area contributed by atoms with E-state index in [2.05, 4.69) is 31.8 Å². The molecular formula is C18H22N6O3S. The van der Waals surface area contributed by atoms with Crippen molar-refractivity contribution in [2.75, 3.05) is 37.8 Å². The Morgan fingerprint density at radius 2 is 1.89 bits per heavy atom. The van der Waals surface area contributed by atoms with Crippen LogP contribution < -0.4 is 16.0 Å². The summed E-state index contributed by atoms with van der Waals surface area (Å²) in [7, 11) is -0.539. The van der Waals surface area contributed by atoms with Crippen LogP contribution in [0.25, 0.3) is 0 Å². The highest BCUT2D eigenvalue weighted by atomic mass is 32.2. The van der Waals surface area contributed by atoms with Crippen LogP contribution in [0.3, 0.4) is 0 Å². The fourth-order valence-corrected chi connectivity index (χ4v) is 3.05. The van der Waals surface area contributed by atoms with Crippen molar-refractivity contribution in [3.05, 3.63) is 36.0 Å². The third kappa shape index (κ3) is 5.42. The van der Waals surface area contributed by atoms with E-state index in [1.807, 2.05) is 0 Å². The summed E-state index contributed by atoms with van der Waals surface area (Å²) in [6.07, 6.45) is 6.97. The molecule has 2 aromatic rings. The van der Waals surface area contributed by atoms with Crippen molar-refractivity contribution in [2.45, 2.75) is 11.8 Å². The SMILES string of the molecule is C#Cc1cnc(Nc2ccc(S(=O)(=O)N(C)C)cc2)nc1NCCNC(C)=O. The molecule has 2 rings (SSSR count). The van der Waals surface area contributed by atoms with Gasteiger partial charge >= 0.3 is 0 Å². The maximum atomic E-state index is 12.1. The van der Waals surface area contributed by atoms with Gasteiger partial charge in [-0.15, -0.1) is 6.42 Å². The molecule has 1 heterocycles. The second-order valence-corrected chi connectivity index (χ2v) is 8.10. The predicted octanol–water partition coefficient (Wildman–Crippen LogP) is 1.000. The third-order valence-corrected chi connectivity index (χ3v) is 5.45. The van der Waals surface area contributed by atoms with Crippen LogP contribution in [0.4, 0.5) is 17.5 Å². The molecule has 3 N–H and O–H groups in total. The Morgan fingerprint density at radius 1 is 1.21 bits per heavy atom. The molecule has 0 saturated carbocycles. The summed E-state index contributed by atoms with van der Waals surface area (Å²) in [4.78, 5) is 19.6. The zero-order valence-electron chi connectivity index (χ0n) is 15.9. The maximum Gasteiger partial charge on any atom is 0.242 e. The average Bonchev–Trinajstić information content (AvgIpc) is 2.65. The smallest absolute Gasteiger partial charge is 0.242 e. The van der Waals surface area contributed by atoms with Crippen molar-refractivity contribution < 1.29 is 13.2 Å². The Bertz CT molecular complexity index is 981. The zero-order chi connectivity index (χ0) is 20.7. The topological polar surface area (TPSA) is 116 Å². The first-order valence-corrected chi connectivity index (χ1v) is 9.79. The molecule has 0 unspecified atom stereocenters. The number of carbonyl (C=O) groups is 1. The van der Waals surface area contributed by atoms with Gasteiger partial charge in [-0.25, -0.2) is 17.7 Å². The quantitative estimate of drug-likeness (QED) is 0.445. The lowest BCUT2D eigenvalue weighted by Crippen LogP contribution is -2.26. The van der Waals surface area contributed by atoms with Crippen LogP contribution in [0.15, 0.2) is 35.4 Å². The molecule has 0 atom stereocenters. The number of aromatic nitrogens is 2. The van der Waals surface area contributed by atoms with E-state index >= 15 is 0 Å². The molecule has 0 aliphatic carbocycles. The highest BCUT2D eigenvalue weighted by Gasteiger charge is 2.16. The van der Waals surface area contributed by atoms with Crippen molar-refractivity contribution >= 4 is 33.4 Å². The van der Waals surface area contributed by atoms with Gasteiger partial charge in [0.05, 0.1) is 16.7 Å². The summed E-state index contributed by atoms with van der Waals surface area (Å²) in [5.74, 6) is 3.13. The van der Waals surface area contributed by atoms with Crippen LogP contribution in [0, 0.1) is 12.3 Å². The van der Waals surface area contributed by atoms with Gasteiger partial charge in [-0.1, -0.05) is 5.92 Å². The van der Waals surface area contributed by atoms with Gasteiger partial charge in [0.15, 0.2) is 0 Å². The highest BCUT2D eigenvalue weighted by molar-refractivity contribution is 7.89. The lowest BCUT2D eigenvalue weighted by Gasteiger charge is -2.13. The minimum absolute atomic E-state index is 0.122. The van der Waals surface area contributed by atoms with Crippen LogP contribution in [0.1, 0.15) is 12.5 Å². The summed E-state index contributed by atoms with van der Waals surface area (Å²) in [5.41, 5.74) is 1.11. The Labute approximate surface area is 164 Å². The Hall–Kier alpha value is -3.16. The van der Waals surface area contributed by atoms with Crippen LogP contribution in [-0.2, 0) is 14.8 Å². The van der Waals surface area contributed by atoms with Crippen LogP contribution in [-0.4, -0.2) is 55.8 Å². The molecule has 9 nitrogen and oxygen atoms in total. The highest BCUT2D eigenvalue weighted by Crippen LogP contribution is 2.20. The standard InChI is InChI=1S/C18H22N6O3S/c1-5-14-12-21-18(23-17(14)20-11-10-19-13(2)25)22-15-6-8-16(9-7-15)28(26,27)24(3)4/h1,6-9,12H,10-11H2,2-4H3,(H,19,25)(H2,20,21,22,23). The van der Waals surface area contributed by atoms with Gasteiger partial charge in [0, 0.05) is 39.8 Å². The van der Waals surface area contributed by atoms with Gasteiger partial charge in [0.25, 0.3) is 0 Å². The van der Waals surface area contributed by atoms with E-state index in [-0.39, 0.29) is 10.8 Å². The number of carbonyl (C=O) groups excluding carboxylic acids is 1. The largest absolute Gasteiger partial charge is 0.367 e. The second kappa shape index (κ2) is 9.16. The van der Waals surface area contributed by atoms with E-state index in [4.69, 9.17) is 6.42 Å². The van der Waals surface area contributed by atoms with Crippen LogP contribution in [0.2, 0.25) is 0 Å². The fourth-order valence-electron chi connectivity index (χ4n) is 2.15. The molecule has 0 aliphatic heterocycles. The number of amides is 1. The maximum absolute atomic E-state index is 12.1. The summed E-state index contributed by atoms with van der Waals surface area (Å²) >= 11 is 0. The van der Waals surface area contributed by atoms with Crippen molar-refractivity contribution in [1.29, 1.82) is 0 Å². The number of anilines is 3. The summed E-state index contributed by atoms with van der Waals surface area (Å²) < 4.78 is 25.4. The first kappa shape index (κ1) is 21.1. The van der Waals surface area contributed by atoms with E-state index in [0.717, 1.165) is 4.31 Å². The Balaban J connectivity index is 2.12. The Kier molecular flexibility index (Phi) is 6.92. The fraction of sp³-hybridized carbons (Fsp3) is 0.278. The average molecular weight is 402 g/mol. The van der Waals surface area contributed by atoms with Crippen molar-refractivity contribution in [3.8, 4) is 12.3 Å². The molecule has 0 bridgehead atoms. The Morgan fingerprint density at radius 3 is 2.46 bits per heavy atom. The summed E-state index contributed by atoms with van der Waals surface area (Å²) in [5, 5.41) is 8.73. The molecular weight excluding hydrogens is 380 g/mol. The predicted molar refractivity (Wildman–Crippen MR) is 108 cm³/mol. The number of benzene rings is 1. The molecule has 28 heavy (non-hydrogen) atoms. The normalized spacial score (nSPS) is 11.0. The first-order valence-electron chi connectivity index (χ1n) is 8.35. The van der Waals surface area contributed by atoms with Gasteiger partial charge in [-0.05, 0) is 24.3 Å². The number of nitrogens with zero attached hydrogens (tertiary/aromatic N) is 3. The lowest BCUT2D eigenvalue weighted by atomic mass is 10.3. The van der Waals surface area contributed by atoms with Gasteiger partial charge in [0.1, 0.15) is 5.82 Å². The van der Waals surface area contributed by atoms with E-state index in [0.29, 0.717) is 36.1 Å². The summed E-state index contributed by atoms with van der Waals surface area (Å²) in [6.45, 7) is 2.31. The van der Waals surface area contributed by atoms with Gasteiger partial charge in [-0.2, -0.15) is 4.98 Å². The number of sulfonamides is 1.